The molecule has 0 aliphatic carbocycles. The SMILES string of the molecule is C[C@@H](Cc1csc2ccccc12)NC(=O)c1ccccc1F. The second kappa shape index (κ2) is 6.28. The highest BCUT2D eigenvalue weighted by Crippen LogP contribution is 2.26. The van der Waals surface area contributed by atoms with Gasteiger partial charge in [0.2, 0.25) is 0 Å². The predicted molar refractivity (Wildman–Crippen MR) is 88.9 cm³/mol. The standard InChI is InChI=1S/C18H16FNOS/c1-12(20-18(21)15-7-2-4-8-16(15)19)10-13-11-22-17-9-5-3-6-14(13)17/h2-9,11-12H,10H2,1H3,(H,20,21)/t12-/m0/s1. The quantitative estimate of drug-likeness (QED) is 0.760. The van der Waals surface area contributed by atoms with Gasteiger partial charge in [-0.3, -0.25) is 4.79 Å². The molecule has 1 atom stereocenters. The maximum Gasteiger partial charge on any atom is 0.254 e. The third-order valence-electron chi connectivity index (χ3n) is 3.58. The lowest BCUT2D eigenvalue weighted by atomic mass is 10.1. The second-order valence-electron chi connectivity index (χ2n) is 5.32. The molecule has 0 aliphatic rings. The van der Waals surface area contributed by atoms with Crippen LogP contribution in [0.3, 0.4) is 0 Å². The summed E-state index contributed by atoms with van der Waals surface area (Å²) in [6.07, 6.45) is 0.726. The molecule has 4 heteroatoms. The van der Waals surface area contributed by atoms with Gasteiger partial charge in [0.15, 0.2) is 0 Å². The molecule has 1 amide bonds. The minimum Gasteiger partial charge on any atom is -0.349 e. The van der Waals surface area contributed by atoms with E-state index in [2.05, 4.69) is 22.8 Å². The first kappa shape index (κ1) is 14.7. The average molecular weight is 313 g/mol. The molecule has 1 N–H and O–H groups in total. The largest absolute Gasteiger partial charge is 0.349 e. The summed E-state index contributed by atoms with van der Waals surface area (Å²) >= 11 is 1.70. The van der Waals surface area contributed by atoms with E-state index in [1.54, 1.807) is 23.5 Å². The van der Waals surface area contributed by atoms with E-state index in [0.29, 0.717) is 0 Å². The normalized spacial score (nSPS) is 12.3. The molecule has 0 radical (unpaired) electrons. The number of halogens is 1. The smallest absolute Gasteiger partial charge is 0.254 e. The molecule has 0 spiro atoms. The van der Waals surface area contributed by atoms with Crippen LogP contribution in [0, 0.1) is 5.82 Å². The Bertz CT molecular complexity index is 811. The Morgan fingerprint density at radius 2 is 1.91 bits per heavy atom. The van der Waals surface area contributed by atoms with E-state index in [0.717, 1.165) is 6.42 Å². The molecule has 22 heavy (non-hydrogen) atoms. The Morgan fingerprint density at radius 1 is 1.18 bits per heavy atom. The maximum atomic E-state index is 13.6. The maximum absolute atomic E-state index is 13.6. The summed E-state index contributed by atoms with van der Waals surface area (Å²) in [6, 6.07) is 14.2. The number of fused-ring (bicyclic) bond motifs is 1. The van der Waals surface area contributed by atoms with Crippen molar-refractivity contribution in [2.24, 2.45) is 0 Å². The van der Waals surface area contributed by atoms with Gasteiger partial charge in [0.25, 0.3) is 5.91 Å². The summed E-state index contributed by atoms with van der Waals surface area (Å²) in [5.41, 5.74) is 1.30. The number of nitrogens with one attached hydrogen (secondary N) is 1. The number of hydrogen-bond donors (Lipinski definition) is 1. The molecule has 0 fully saturated rings. The van der Waals surface area contributed by atoms with Crippen LogP contribution in [-0.4, -0.2) is 11.9 Å². The number of hydrogen-bond acceptors (Lipinski definition) is 2. The van der Waals surface area contributed by atoms with Crippen LogP contribution >= 0.6 is 11.3 Å². The Hall–Kier alpha value is -2.20. The fraction of sp³-hybridized carbons (Fsp3) is 0.167. The Balaban J connectivity index is 1.71. The Labute approximate surface area is 132 Å². The molecule has 0 unspecified atom stereocenters. The molecule has 3 aromatic rings. The molecular weight excluding hydrogens is 297 g/mol. The van der Waals surface area contributed by atoms with Crippen LogP contribution in [0.15, 0.2) is 53.9 Å². The lowest BCUT2D eigenvalue weighted by Gasteiger charge is -2.14. The highest BCUT2D eigenvalue weighted by atomic mass is 32.1. The molecular formula is C18H16FNOS. The Morgan fingerprint density at radius 3 is 2.73 bits per heavy atom. The zero-order chi connectivity index (χ0) is 15.5. The molecule has 3 rings (SSSR count). The van der Waals surface area contributed by atoms with Gasteiger partial charge >= 0.3 is 0 Å². The van der Waals surface area contributed by atoms with Gasteiger partial charge in [0.1, 0.15) is 5.82 Å². The highest BCUT2D eigenvalue weighted by Gasteiger charge is 2.15. The van der Waals surface area contributed by atoms with Crippen LogP contribution in [0.5, 0.6) is 0 Å². The topological polar surface area (TPSA) is 29.1 Å². The van der Waals surface area contributed by atoms with E-state index in [4.69, 9.17) is 0 Å². The molecule has 0 saturated carbocycles. The number of thiophene rings is 1. The first-order valence-corrected chi connectivity index (χ1v) is 8.03. The van der Waals surface area contributed by atoms with Crippen molar-refractivity contribution in [1.29, 1.82) is 0 Å². The van der Waals surface area contributed by atoms with E-state index in [-0.39, 0.29) is 17.5 Å². The monoisotopic (exact) mass is 313 g/mol. The summed E-state index contributed by atoms with van der Waals surface area (Å²) in [7, 11) is 0. The number of rotatable bonds is 4. The van der Waals surface area contributed by atoms with E-state index in [1.807, 2.05) is 19.1 Å². The zero-order valence-electron chi connectivity index (χ0n) is 12.2. The van der Waals surface area contributed by atoms with Crippen molar-refractivity contribution < 1.29 is 9.18 Å². The van der Waals surface area contributed by atoms with Crippen molar-refractivity contribution >= 4 is 27.3 Å². The summed E-state index contributed by atoms with van der Waals surface area (Å²) in [4.78, 5) is 12.1. The van der Waals surface area contributed by atoms with Gasteiger partial charge in [-0.05, 0) is 47.9 Å². The van der Waals surface area contributed by atoms with Gasteiger partial charge in [0, 0.05) is 10.7 Å². The lowest BCUT2D eigenvalue weighted by Crippen LogP contribution is -2.34. The third kappa shape index (κ3) is 3.02. The fourth-order valence-corrected chi connectivity index (χ4v) is 3.49. The number of amides is 1. The van der Waals surface area contributed by atoms with Crippen LogP contribution in [0.1, 0.15) is 22.8 Å². The van der Waals surface area contributed by atoms with Crippen molar-refractivity contribution in [2.75, 3.05) is 0 Å². The van der Waals surface area contributed by atoms with Gasteiger partial charge in [-0.1, -0.05) is 30.3 Å². The van der Waals surface area contributed by atoms with E-state index < -0.39 is 5.82 Å². The number of carbonyl (C=O) groups is 1. The molecule has 112 valence electrons. The fourth-order valence-electron chi connectivity index (χ4n) is 2.52. The highest BCUT2D eigenvalue weighted by molar-refractivity contribution is 7.17. The molecule has 1 heterocycles. The lowest BCUT2D eigenvalue weighted by molar-refractivity contribution is 0.0936. The first-order chi connectivity index (χ1) is 10.6. The van der Waals surface area contributed by atoms with Gasteiger partial charge in [-0.25, -0.2) is 4.39 Å². The summed E-state index contributed by atoms with van der Waals surface area (Å²) in [5.74, 6) is -0.863. The molecule has 0 bridgehead atoms. The van der Waals surface area contributed by atoms with Gasteiger partial charge < -0.3 is 5.32 Å². The Kier molecular flexibility index (Phi) is 4.20. The van der Waals surface area contributed by atoms with Crippen molar-refractivity contribution in [2.45, 2.75) is 19.4 Å². The van der Waals surface area contributed by atoms with Crippen molar-refractivity contribution in [3.05, 3.63) is 70.9 Å². The summed E-state index contributed by atoms with van der Waals surface area (Å²) < 4.78 is 14.9. The summed E-state index contributed by atoms with van der Waals surface area (Å²) in [5, 5.41) is 6.21. The van der Waals surface area contributed by atoms with Crippen LogP contribution in [0.4, 0.5) is 4.39 Å². The zero-order valence-corrected chi connectivity index (χ0v) is 13.0. The molecule has 2 nitrogen and oxygen atoms in total. The van der Waals surface area contributed by atoms with E-state index >= 15 is 0 Å². The van der Waals surface area contributed by atoms with E-state index in [9.17, 15) is 9.18 Å². The van der Waals surface area contributed by atoms with Crippen molar-refractivity contribution in [1.82, 2.24) is 5.32 Å². The first-order valence-electron chi connectivity index (χ1n) is 7.15. The summed E-state index contributed by atoms with van der Waals surface area (Å²) in [6.45, 7) is 1.94. The van der Waals surface area contributed by atoms with E-state index in [1.165, 1.54) is 27.8 Å². The molecule has 0 saturated heterocycles. The van der Waals surface area contributed by atoms with Gasteiger partial charge in [-0.2, -0.15) is 0 Å². The van der Waals surface area contributed by atoms with Crippen molar-refractivity contribution in [3.8, 4) is 0 Å². The molecule has 0 aliphatic heterocycles. The van der Waals surface area contributed by atoms with Crippen LogP contribution in [0.25, 0.3) is 10.1 Å². The minimum atomic E-state index is -0.492. The van der Waals surface area contributed by atoms with Crippen molar-refractivity contribution in [3.63, 3.8) is 0 Å². The van der Waals surface area contributed by atoms with Crippen LogP contribution < -0.4 is 5.32 Å². The number of benzene rings is 2. The third-order valence-corrected chi connectivity index (χ3v) is 4.60. The number of carbonyl (C=O) groups excluding carboxylic acids is 1. The van der Waals surface area contributed by atoms with Gasteiger partial charge in [-0.15, -0.1) is 11.3 Å². The minimum absolute atomic E-state index is 0.0647. The van der Waals surface area contributed by atoms with Crippen LogP contribution in [-0.2, 0) is 6.42 Å². The average Bonchev–Trinajstić information content (AvgIpc) is 2.91. The molecule has 1 aromatic heterocycles. The predicted octanol–water partition coefficient (Wildman–Crippen LogP) is 4.40. The molecule has 2 aromatic carbocycles. The van der Waals surface area contributed by atoms with Crippen LogP contribution in [0.2, 0.25) is 0 Å². The van der Waals surface area contributed by atoms with Gasteiger partial charge in [0.05, 0.1) is 5.56 Å². The second-order valence-corrected chi connectivity index (χ2v) is 6.23.